The van der Waals surface area contributed by atoms with E-state index in [0.717, 1.165) is 5.56 Å². The fourth-order valence-corrected chi connectivity index (χ4v) is 5.12. The summed E-state index contributed by atoms with van der Waals surface area (Å²) in [6, 6.07) is 12.3. The van der Waals surface area contributed by atoms with Gasteiger partial charge in [0.2, 0.25) is 0 Å². The summed E-state index contributed by atoms with van der Waals surface area (Å²) in [7, 11) is 0. The monoisotopic (exact) mass is 537 g/mol. The van der Waals surface area contributed by atoms with Gasteiger partial charge in [-0.25, -0.2) is 9.48 Å². The van der Waals surface area contributed by atoms with E-state index in [4.69, 9.17) is 22.1 Å². The maximum atomic E-state index is 13.2. The molecular weight excluding hydrogens is 506 g/mol. The molecule has 200 valence electrons. The van der Waals surface area contributed by atoms with E-state index in [0.29, 0.717) is 48.5 Å². The summed E-state index contributed by atoms with van der Waals surface area (Å²) in [6.45, 7) is 5.79. The minimum absolute atomic E-state index is 0.114. The number of amides is 2. The first-order valence-electron chi connectivity index (χ1n) is 12.5. The molecule has 1 saturated carbocycles. The molecule has 0 spiro atoms. The maximum Gasteiger partial charge on any atom is 0.407 e. The molecule has 1 aliphatic carbocycles. The highest BCUT2D eigenvalue weighted by Crippen LogP contribution is 2.43. The van der Waals surface area contributed by atoms with Crippen molar-refractivity contribution < 1.29 is 14.3 Å². The van der Waals surface area contributed by atoms with Gasteiger partial charge >= 0.3 is 6.09 Å². The van der Waals surface area contributed by atoms with Gasteiger partial charge < -0.3 is 15.8 Å². The molecule has 10 heteroatoms. The zero-order valence-electron chi connectivity index (χ0n) is 21.7. The highest BCUT2D eigenvalue weighted by Gasteiger charge is 2.39. The van der Waals surface area contributed by atoms with Crippen molar-refractivity contribution in [3.05, 3.63) is 81.4 Å². The Hall–Kier alpha value is -3.72. The van der Waals surface area contributed by atoms with Crippen LogP contribution in [0.15, 0.2) is 59.7 Å². The number of carbonyl (C=O) groups excluding carboxylic acids is 2. The zero-order valence-corrected chi connectivity index (χ0v) is 22.5. The summed E-state index contributed by atoms with van der Waals surface area (Å²) < 4.78 is 6.83. The molecule has 1 aliphatic rings. The van der Waals surface area contributed by atoms with Gasteiger partial charge in [-0.05, 0) is 82.3 Å². The molecule has 0 unspecified atom stereocenters. The third-order valence-corrected chi connectivity index (χ3v) is 7.06. The Morgan fingerprint density at radius 2 is 1.92 bits per heavy atom. The van der Waals surface area contributed by atoms with Crippen molar-refractivity contribution in [1.29, 1.82) is 0 Å². The van der Waals surface area contributed by atoms with E-state index in [1.54, 1.807) is 18.5 Å². The van der Waals surface area contributed by atoms with E-state index in [2.05, 4.69) is 15.4 Å². The van der Waals surface area contributed by atoms with Crippen LogP contribution in [0.2, 0.25) is 5.02 Å². The standard InChI is InChI=1S/C28H32ClN5O4/c1-27(2,3)38-26(37)32-17-28(19-7-4-8-20(29)14-19)11-9-21(10-12-28)34-25(36)22(24(30)35)15-23(33-34)18-6-5-13-31-16-18/h4-8,13-16,21H,9-12,17H2,1-3H3,(H2,30,35)(H,32,37)/t21-,28-. The molecule has 3 N–H and O–H groups in total. The number of ether oxygens (including phenoxy) is 1. The minimum atomic E-state index is -0.804. The van der Waals surface area contributed by atoms with Crippen molar-refractivity contribution in [3.63, 3.8) is 0 Å². The van der Waals surface area contributed by atoms with Crippen LogP contribution >= 0.6 is 11.6 Å². The van der Waals surface area contributed by atoms with Gasteiger partial charge in [-0.1, -0.05) is 23.7 Å². The summed E-state index contributed by atoms with van der Waals surface area (Å²) in [6.07, 6.45) is 5.23. The number of pyridine rings is 1. The molecule has 0 bridgehead atoms. The molecule has 1 aromatic carbocycles. The molecule has 2 amide bonds. The van der Waals surface area contributed by atoms with Gasteiger partial charge in [-0.3, -0.25) is 14.6 Å². The Morgan fingerprint density at radius 3 is 2.53 bits per heavy atom. The summed E-state index contributed by atoms with van der Waals surface area (Å²) in [5.74, 6) is -0.804. The second kappa shape index (κ2) is 10.9. The molecule has 4 rings (SSSR count). The van der Waals surface area contributed by atoms with Crippen LogP contribution in [-0.4, -0.2) is 38.9 Å². The lowest BCUT2D eigenvalue weighted by Gasteiger charge is -2.41. The summed E-state index contributed by atoms with van der Waals surface area (Å²) >= 11 is 6.33. The molecule has 0 atom stereocenters. The summed E-state index contributed by atoms with van der Waals surface area (Å²) in [5.41, 5.74) is 6.00. The van der Waals surface area contributed by atoms with Crippen molar-refractivity contribution in [2.45, 2.75) is 63.5 Å². The second-order valence-corrected chi connectivity index (χ2v) is 11.1. The van der Waals surface area contributed by atoms with Crippen molar-refractivity contribution in [1.82, 2.24) is 20.1 Å². The van der Waals surface area contributed by atoms with Gasteiger partial charge in [0.1, 0.15) is 11.2 Å². The molecular formula is C28H32ClN5O4. The van der Waals surface area contributed by atoms with Crippen LogP contribution in [0, 0.1) is 0 Å². The summed E-state index contributed by atoms with van der Waals surface area (Å²) in [5, 5.41) is 8.14. The van der Waals surface area contributed by atoms with Crippen LogP contribution in [0.25, 0.3) is 11.3 Å². The number of carbonyl (C=O) groups is 2. The molecule has 3 aromatic rings. The number of aromatic nitrogens is 3. The van der Waals surface area contributed by atoms with E-state index in [9.17, 15) is 14.4 Å². The van der Waals surface area contributed by atoms with Crippen molar-refractivity contribution >= 4 is 23.6 Å². The number of alkyl carbamates (subject to hydrolysis) is 1. The van der Waals surface area contributed by atoms with Gasteiger partial charge in [0.25, 0.3) is 11.5 Å². The van der Waals surface area contributed by atoms with E-state index in [1.165, 1.54) is 10.7 Å². The average molecular weight is 538 g/mol. The Bertz CT molecular complexity index is 1380. The predicted octanol–water partition coefficient (Wildman–Crippen LogP) is 4.64. The number of benzene rings is 1. The molecule has 9 nitrogen and oxygen atoms in total. The van der Waals surface area contributed by atoms with Gasteiger partial charge in [0, 0.05) is 34.9 Å². The van der Waals surface area contributed by atoms with Crippen LogP contribution in [0.5, 0.6) is 0 Å². The fourth-order valence-electron chi connectivity index (χ4n) is 4.93. The third kappa shape index (κ3) is 6.22. The van der Waals surface area contributed by atoms with Gasteiger partial charge in [0.15, 0.2) is 0 Å². The largest absolute Gasteiger partial charge is 0.444 e. The Kier molecular flexibility index (Phi) is 7.87. The minimum Gasteiger partial charge on any atom is -0.444 e. The summed E-state index contributed by atoms with van der Waals surface area (Å²) in [4.78, 5) is 41.9. The van der Waals surface area contributed by atoms with Crippen molar-refractivity contribution in [2.24, 2.45) is 5.73 Å². The Balaban J connectivity index is 1.64. The highest BCUT2D eigenvalue weighted by atomic mass is 35.5. The number of nitrogens with two attached hydrogens (primary N) is 1. The first-order valence-corrected chi connectivity index (χ1v) is 12.9. The first-order chi connectivity index (χ1) is 18.0. The lowest BCUT2D eigenvalue weighted by molar-refractivity contribution is 0.0504. The van der Waals surface area contributed by atoms with Crippen molar-refractivity contribution in [3.8, 4) is 11.3 Å². The van der Waals surface area contributed by atoms with Gasteiger partial charge in [-0.15, -0.1) is 0 Å². The van der Waals surface area contributed by atoms with E-state index < -0.39 is 28.6 Å². The number of primary amides is 1. The first kappa shape index (κ1) is 27.3. The van der Waals surface area contributed by atoms with Crippen LogP contribution in [0.1, 0.15) is 68.4 Å². The number of hydrogen-bond acceptors (Lipinski definition) is 6. The predicted molar refractivity (Wildman–Crippen MR) is 145 cm³/mol. The molecule has 1 fully saturated rings. The van der Waals surface area contributed by atoms with E-state index in [1.807, 2.05) is 51.1 Å². The Labute approximate surface area is 226 Å². The average Bonchev–Trinajstić information content (AvgIpc) is 2.87. The van der Waals surface area contributed by atoms with Crippen LogP contribution in [-0.2, 0) is 10.2 Å². The van der Waals surface area contributed by atoms with Gasteiger partial charge in [0.05, 0.1) is 11.7 Å². The SMILES string of the molecule is CC(C)(C)OC(=O)NC[C@]1(c2cccc(Cl)c2)CC[C@H](n2nc(-c3cccnc3)cc(C(N)=O)c2=O)CC1. The number of halogens is 1. The second-order valence-electron chi connectivity index (χ2n) is 10.7. The third-order valence-electron chi connectivity index (χ3n) is 6.82. The van der Waals surface area contributed by atoms with Crippen molar-refractivity contribution in [2.75, 3.05) is 6.54 Å². The lowest BCUT2D eigenvalue weighted by Crippen LogP contribution is -2.46. The topological polar surface area (TPSA) is 129 Å². The lowest BCUT2D eigenvalue weighted by atomic mass is 9.68. The van der Waals surface area contributed by atoms with E-state index >= 15 is 0 Å². The Morgan fingerprint density at radius 1 is 1.18 bits per heavy atom. The van der Waals surface area contributed by atoms with Crippen LogP contribution in [0.4, 0.5) is 4.79 Å². The van der Waals surface area contributed by atoms with E-state index in [-0.39, 0.29) is 11.6 Å². The molecule has 2 heterocycles. The number of hydrogen-bond donors (Lipinski definition) is 2. The molecule has 0 radical (unpaired) electrons. The molecule has 0 aliphatic heterocycles. The number of nitrogens with zero attached hydrogens (tertiary/aromatic N) is 3. The van der Waals surface area contributed by atoms with Crippen LogP contribution < -0.4 is 16.6 Å². The maximum absolute atomic E-state index is 13.2. The normalized spacial score (nSPS) is 19.5. The molecule has 38 heavy (non-hydrogen) atoms. The zero-order chi connectivity index (χ0) is 27.5. The molecule has 2 aromatic heterocycles. The number of rotatable bonds is 6. The number of nitrogens with one attached hydrogen (secondary N) is 1. The molecule has 0 saturated heterocycles. The van der Waals surface area contributed by atoms with Crippen LogP contribution in [0.3, 0.4) is 0 Å². The quantitative estimate of drug-likeness (QED) is 0.471. The van der Waals surface area contributed by atoms with Gasteiger partial charge in [-0.2, -0.15) is 5.10 Å². The fraction of sp³-hybridized carbons (Fsp3) is 0.393. The highest BCUT2D eigenvalue weighted by molar-refractivity contribution is 6.30. The smallest absolute Gasteiger partial charge is 0.407 e.